The number of aromatic hydroxyl groups is 1. The van der Waals surface area contributed by atoms with Gasteiger partial charge in [-0.05, 0) is 73.1 Å². The van der Waals surface area contributed by atoms with Crippen molar-refractivity contribution >= 4 is 29.5 Å². The summed E-state index contributed by atoms with van der Waals surface area (Å²) in [7, 11) is 0. The van der Waals surface area contributed by atoms with E-state index >= 15 is 0 Å². The van der Waals surface area contributed by atoms with Gasteiger partial charge in [0, 0.05) is 19.5 Å². The van der Waals surface area contributed by atoms with E-state index in [9.17, 15) is 29.1 Å². The van der Waals surface area contributed by atoms with Crippen LogP contribution in [0.25, 0.3) is 0 Å². The predicted octanol–water partition coefficient (Wildman–Crippen LogP) is 1.07. The molecule has 2 aliphatic heterocycles. The van der Waals surface area contributed by atoms with Gasteiger partial charge in [0.25, 0.3) is 0 Å². The van der Waals surface area contributed by atoms with E-state index in [-0.39, 0.29) is 38.1 Å². The fourth-order valence-electron chi connectivity index (χ4n) is 6.08. The number of hydrogen-bond donors (Lipinski definition) is 6. The number of amides is 5. The lowest BCUT2D eigenvalue weighted by molar-refractivity contribution is -0.142. The van der Waals surface area contributed by atoms with Gasteiger partial charge < -0.3 is 41.7 Å². The maximum absolute atomic E-state index is 14.1. The molecule has 0 bridgehead atoms. The normalized spacial score (nSPS) is 21.1. The second-order valence-electron chi connectivity index (χ2n) is 12.6. The molecule has 2 heterocycles. The summed E-state index contributed by atoms with van der Waals surface area (Å²) < 4.78 is 5.91. The molecule has 5 amide bonds. The molecule has 3 aromatic carbocycles. The first-order valence-electron chi connectivity index (χ1n) is 16.9. The van der Waals surface area contributed by atoms with Gasteiger partial charge in [0.05, 0.1) is 12.6 Å². The molecule has 0 spiro atoms. The molecule has 0 radical (unpaired) electrons. The largest absolute Gasteiger partial charge is 0.508 e. The summed E-state index contributed by atoms with van der Waals surface area (Å²) in [4.78, 5) is 68.2. The minimum absolute atomic E-state index is 0.0859. The Labute approximate surface area is 290 Å². The lowest BCUT2D eigenvalue weighted by Gasteiger charge is -2.30. The third kappa shape index (κ3) is 10.0. The Morgan fingerprint density at radius 1 is 0.880 bits per heavy atom. The maximum atomic E-state index is 14.1. The van der Waals surface area contributed by atoms with E-state index in [1.165, 1.54) is 17.0 Å². The minimum Gasteiger partial charge on any atom is -0.508 e. The van der Waals surface area contributed by atoms with Gasteiger partial charge in [-0.15, -0.1) is 0 Å². The third-order valence-corrected chi connectivity index (χ3v) is 8.84. The first-order valence-corrected chi connectivity index (χ1v) is 16.9. The summed E-state index contributed by atoms with van der Waals surface area (Å²) in [6, 6.07) is 19.4. The van der Waals surface area contributed by atoms with Crippen LogP contribution >= 0.6 is 0 Å². The number of phenolic OH excluding ortho intramolecular Hbond substituents is 1. The highest BCUT2D eigenvalue weighted by atomic mass is 16.5. The molecule has 264 valence electrons. The van der Waals surface area contributed by atoms with Crippen molar-refractivity contribution < 1.29 is 33.8 Å². The van der Waals surface area contributed by atoms with E-state index in [0.29, 0.717) is 38.2 Å². The lowest BCUT2D eigenvalue weighted by Crippen LogP contribution is -2.58. The van der Waals surface area contributed by atoms with Crippen LogP contribution in [0.4, 0.5) is 0 Å². The molecule has 50 heavy (non-hydrogen) atoms. The predicted molar refractivity (Wildman–Crippen MR) is 185 cm³/mol. The lowest BCUT2D eigenvalue weighted by atomic mass is 10.0. The number of nitrogens with one attached hydrogen (secondary N) is 4. The zero-order chi connectivity index (χ0) is 35.5. The first kappa shape index (κ1) is 35.9. The molecule has 4 atom stereocenters. The Bertz CT molecular complexity index is 1630. The average Bonchev–Trinajstić information content (AvgIpc) is 3.62. The van der Waals surface area contributed by atoms with E-state index in [1.54, 1.807) is 24.3 Å². The summed E-state index contributed by atoms with van der Waals surface area (Å²) in [5.41, 5.74) is 8.71. The summed E-state index contributed by atoms with van der Waals surface area (Å²) in [6.07, 6.45) is 1.77. The van der Waals surface area contributed by atoms with Crippen molar-refractivity contribution in [3.63, 3.8) is 0 Å². The number of phenols is 1. The molecule has 0 aliphatic carbocycles. The minimum atomic E-state index is -1.06. The Hall–Kier alpha value is -5.43. The highest BCUT2D eigenvalue weighted by Crippen LogP contribution is 2.21. The van der Waals surface area contributed by atoms with Crippen LogP contribution < -0.4 is 31.7 Å². The van der Waals surface area contributed by atoms with Crippen LogP contribution in [-0.2, 0) is 43.4 Å². The molecule has 13 heteroatoms. The van der Waals surface area contributed by atoms with Gasteiger partial charge in [0.2, 0.25) is 29.5 Å². The molecule has 13 nitrogen and oxygen atoms in total. The van der Waals surface area contributed by atoms with Crippen LogP contribution in [0.1, 0.15) is 42.4 Å². The Morgan fingerprint density at radius 2 is 1.60 bits per heavy atom. The SMILES string of the molecule is N[C@@H](Cc1ccc(O)cc1)C(=O)N[C@@H]1CCCNC(=O)CNC(=O)[C@@H]2CCCN2C(=O)[C@H](Cc2ccc(OCc3ccccc3)cc2)NC1=O. The number of fused-ring (bicyclic) bond motifs is 1. The molecule has 2 aliphatic rings. The van der Waals surface area contributed by atoms with Gasteiger partial charge in [0.15, 0.2) is 0 Å². The molecular weight excluding hydrogens is 640 g/mol. The average molecular weight is 685 g/mol. The van der Waals surface area contributed by atoms with Crippen molar-refractivity contribution in [1.29, 1.82) is 0 Å². The molecular formula is C37H44N6O7. The summed E-state index contributed by atoms with van der Waals surface area (Å²) >= 11 is 0. The standard InChI is InChI=1S/C37H44N6O7/c38-29(20-24-10-14-27(44)15-11-24)34(46)41-30-8-4-18-39-33(45)22-40-36(48)32-9-5-19-43(32)37(49)31(42-35(30)47)21-25-12-16-28(17-13-25)50-23-26-6-2-1-3-7-26/h1-3,6-7,10-17,29-32,44H,4-5,8-9,18-23,38H2,(H,39,45)(H,40,48)(H,41,46)(H,42,47)/t29-,30+,31-,32-/m0/s1. The first-order chi connectivity index (χ1) is 24.2. The van der Waals surface area contributed by atoms with Crippen LogP contribution in [0.5, 0.6) is 11.5 Å². The second-order valence-corrected chi connectivity index (χ2v) is 12.6. The quantitative estimate of drug-likeness (QED) is 0.193. The fraction of sp³-hybridized carbons (Fsp3) is 0.378. The third-order valence-electron chi connectivity index (χ3n) is 8.84. The van der Waals surface area contributed by atoms with E-state index in [0.717, 1.165) is 16.7 Å². The van der Waals surface area contributed by atoms with E-state index in [1.807, 2.05) is 42.5 Å². The van der Waals surface area contributed by atoms with Crippen molar-refractivity contribution in [3.8, 4) is 11.5 Å². The Kier molecular flexibility index (Phi) is 12.4. The molecule has 5 rings (SSSR count). The number of nitrogens with zero attached hydrogens (tertiary/aromatic N) is 1. The summed E-state index contributed by atoms with van der Waals surface area (Å²) in [6.45, 7) is 0.657. The fourth-order valence-corrected chi connectivity index (χ4v) is 6.08. The van der Waals surface area contributed by atoms with Gasteiger partial charge in [-0.3, -0.25) is 24.0 Å². The monoisotopic (exact) mass is 684 g/mol. The number of carbonyl (C=O) groups excluding carboxylic acids is 5. The Morgan fingerprint density at radius 3 is 2.34 bits per heavy atom. The highest BCUT2D eigenvalue weighted by molar-refractivity contribution is 5.96. The number of benzene rings is 3. The molecule has 0 aromatic heterocycles. The van der Waals surface area contributed by atoms with Crippen molar-refractivity contribution in [2.45, 2.75) is 69.3 Å². The summed E-state index contributed by atoms with van der Waals surface area (Å²) in [5, 5.41) is 20.5. The molecule has 0 saturated carbocycles. The van der Waals surface area contributed by atoms with Gasteiger partial charge in [-0.25, -0.2) is 0 Å². The van der Waals surface area contributed by atoms with E-state index in [2.05, 4.69) is 21.3 Å². The second kappa shape index (κ2) is 17.3. The van der Waals surface area contributed by atoms with Crippen molar-refractivity contribution in [2.24, 2.45) is 5.73 Å². The van der Waals surface area contributed by atoms with Gasteiger partial charge in [-0.1, -0.05) is 54.6 Å². The smallest absolute Gasteiger partial charge is 0.246 e. The van der Waals surface area contributed by atoms with Crippen molar-refractivity contribution in [3.05, 3.63) is 95.6 Å². The molecule has 2 fully saturated rings. The number of carbonyl (C=O) groups is 5. The van der Waals surface area contributed by atoms with Crippen molar-refractivity contribution in [1.82, 2.24) is 26.2 Å². The van der Waals surface area contributed by atoms with Gasteiger partial charge in [0.1, 0.15) is 36.2 Å². The maximum Gasteiger partial charge on any atom is 0.246 e. The van der Waals surface area contributed by atoms with Crippen LogP contribution in [0.15, 0.2) is 78.9 Å². The number of nitrogens with two attached hydrogens (primary N) is 1. The highest BCUT2D eigenvalue weighted by Gasteiger charge is 2.38. The number of ether oxygens (including phenoxy) is 1. The summed E-state index contributed by atoms with van der Waals surface area (Å²) in [5.74, 6) is -1.70. The zero-order valence-electron chi connectivity index (χ0n) is 27.8. The zero-order valence-corrected chi connectivity index (χ0v) is 27.8. The molecule has 0 unspecified atom stereocenters. The van der Waals surface area contributed by atoms with Crippen LogP contribution in [0.2, 0.25) is 0 Å². The van der Waals surface area contributed by atoms with Crippen LogP contribution in [0.3, 0.4) is 0 Å². The van der Waals surface area contributed by atoms with Crippen molar-refractivity contribution in [2.75, 3.05) is 19.6 Å². The molecule has 2 saturated heterocycles. The molecule has 3 aromatic rings. The van der Waals surface area contributed by atoms with E-state index < -0.39 is 53.7 Å². The Balaban J connectivity index is 1.34. The number of rotatable bonds is 9. The number of hydrogen-bond acceptors (Lipinski definition) is 8. The van der Waals surface area contributed by atoms with Gasteiger partial charge in [-0.2, -0.15) is 0 Å². The van der Waals surface area contributed by atoms with Crippen LogP contribution in [-0.4, -0.2) is 83.3 Å². The van der Waals surface area contributed by atoms with Gasteiger partial charge >= 0.3 is 0 Å². The molecule has 7 N–H and O–H groups in total. The van der Waals surface area contributed by atoms with Crippen LogP contribution in [0, 0.1) is 0 Å². The van der Waals surface area contributed by atoms with E-state index in [4.69, 9.17) is 10.5 Å². The topological polar surface area (TPSA) is 192 Å².